The summed E-state index contributed by atoms with van der Waals surface area (Å²) >= 11 is 0. The van der Waals surface area contributed by atoms with Gasteiger partial charge in [0.1, 0.15) is 0 Å². The number of hydrogen-bond donors (Lipinski definition) is 0. The lowest BCUT2D eigenvalue weighted by Gasteiger charge is -2.08. The van der Waals surface area contributed by atoms with Gasteiger partial charge in [-0.2, -0.15) is 0 Å². The predicted molar refractivity (Wildman–Crippen MR) is 43.1 cm³/mol. The van der Waals surface area contributed by atoms with E-state index in [9.17, 15) is 0 Å². The quantitative estimate of drug-likeness (QED) is 0.425. The zero-order valence-corrected chi connectivity index (χ0v) is 4.78. The molecule has 0 aliphatic carbocycles. The van der Waals surface area contributed by atoms with Crippen molar-refractivity contribution < 1.29 is 0 Å². The van der Waals surface area contributed by atoms with Crippen molar-refractivity contribution in [2.45, 2.75) is 35.6 Å². The molecule has 0 heterocycles. The molecule has 0 amide bonds. The van der Waals surface area contributed by atoms with Gasteiger partial charge in [-0.1, -0.05) is 41.7 Å². The highest BCUT2D eigenvalue weighted by Gasteiger charge is 1.99. The van der Waals surface area contributed by atoms with Gasteiger partial charge in [0.05, 0.1) is 0 Å². The molecule has 0 unspecified atom stereocenters. The van der Waals surface area contributed by atoms with Crippen LogP contribution in [0, 0.1) is 5.41 Å². The van der Waals surface area contributed by atoms with E-state index < -0.39 is 0 Å². The average Bonchev–Trinajstić information content (AvgIpc) is 1.35. The normalized spacial score (nSPS) is 8.38. The smallest absolute Gasteiger partial charge is 0.0206 e. The van der Waals surface area contributed by atoms with Gasteiger partial charge in [-0.15, -0.1) is 6.58 Å². The second kappa shape index (κ2) is 4.89. The van der Waals surface area contributed by atoms with Gasteiger partial charge in [-0.25, -0.2) is 0 Å². The van der Waals surface area contributed by atoms with E-state index in [1.54, 1.807) is 0 Å². The number of hydrogen-bond acceptors (Lipinski definition) is 0. The van der Waals surface area contributed by atoms with Crippen LogP contribution in [-0.2, 0) is 0 Å². The minimum atomic E-state index is 0. The lowest BCUT2D eigenvalue weighted by Crippen LogP contribution is -1.96. The zero-order valence-electron chi connectivity index (χ0n) is 4.78. The van der Waals surface area contributed by atoms with Gasteiger partial charge in [0, 0.05) is 0 Å². The van der Waals surface area contributed by atoms with Crippen LogP contribution >= 0.6 is 0 Å². The molecule has 0 nitrogen and oxygen atoms in total. The van der Waals surface area contributed by atoms with Crippen LogP contribution in [0.5, 0.6) is 0 Å². The molecule has 0 spiro atoms. The van der Waals surface area contributed by atoms with Gasteiger partial charge in [0.15, 0.2) is 0 Å². The lowest BCUT2D eigenvalue weighted by molar-refractivity contribution is 0.546. The van der Waals surface area contributed by atoms with E-state index in [0.29, 0.717) is 5.41 Å². The Hall–Kier alpha value is -0.260. The first-order valence-corrected chi connectivity index (χ1v) is 2.20. The fourth-order valence-electron chi connectivity index (χ4n) is 0. The van der Waals surface area contributed by atoms with Crippen molar-refractivity contribution in [2.75, 3.05) is 0 Å². The summed E-state index contributed by atoms with van der Waals surface area (Å²) in [6.07, 6.45) is 1.94. The molecule has 0 saturated carbocycles. The second-order valence-electron chi connectivity index (χ2n) is 2.57. The molecule has 52 valence electrons. The fraction of sp³-hybridized carbons (Fsp3) is 0.750. The van der Waals surface area contributed by atoms with Gasteiger partial charge < -0.3 is 0 Å². The summed E-state index contributed by atoms with van der Waals surface area (Å²) in [6.45, 7) is 10.0. The van der Waals surface area contributed by atoms with E-state index in [4.69, 9.17) is 0 Å². The molecule has 0 saturated heterocycles. The van der Waals surface area contributed by atoms with Crippen LogP contribution in [-0.4, -0.2) is 0 Å². The minimum absolute atomic E-state index is 0. The van der Waals surface area contributed by atoms with E-state index in [1.165, 1.54) is 0 Å². The van der Waals surface area contributed by atoms with Crippen LogP contribution in [0.25, 0.3) is 0 Å². The first kappa shape index (κ1) is 15.6. The highest BCUT2D eigenvalue weighted by molar-refractivity contribution is 4.82. The summed E-state index contributed by atoms with van der Waals surface area (Å²) in [4.78, 5) is 0. The highest BCUT2D eigenvalue weighted by atomic mass is 14.0. The Bertz CT molecular complexity index is 45.5. The number of rotatable bonds is 0. The summed E-state index contributed by atoms with van der Waals surface area (Å²) < 4.78 is 0. The maximum atomic E-state index is 3.63. The average molecular weight is 116 g/mol. The van der Waals surface area contributed by atoms with Crippen molar-refractivity contribution in [1.29, 1.82) is 0 Å². The third kappa shape index (κ3) is 17.2. The van der Waals surface area contributed by atoms with E-state index in [1.807, 2.05) is 6.08 Å². The van der Waals surface area contributed by atoms with Crippen molar-refractivity contribution in [3.63, 3.8) is 0 Å². The Morgan fingerprint density at radius 1 is 1.12 bits per heavy atom. The first-order chi connectivity index (χ1) is 2.56. The summed E-state index contributed by atoms with van der Waals surface area (Å²) in [5.41, 5.74) is 0.306. The van der Waals surface area contributed by atoms with Crippen LogP contribution in [0.2, 0.25) is 0 Å². The molecule has 0 N–H and O–H groups in total. The maximum absolute atomic E-state index is 3.63. The zero-order chi connectivity index (χ0) is 5.21. The summed E-state index contributed by atoms with van der Waals surface area (Å²) in [5.74, 6) is 0. The molecule has 0 fully saturated rings. The Labute approximate surface area is 54.6 Å². The maximum Gasteiger partial charge on any atom is -0.0206 e. The minimum Gasteiger partial charge on any atom is -0.103 e. The van der Waals surface area contributed by atoms with Crippen LogP contribution in [0.15, 0.2) is 12.7 Å². The molecule has 0 rings (SSSR count). The molecule has 0 bridgehead atoms. The van der Waals surface area contributed by atoms with E-state index in [-0.39, 0.29) is 14.9 Å². The predicted octanol–water partition coefficient (Wildman–Crippen LogP) is 3.49. The highest BCUT2D eigenvalue weighted by Crippen LogP contribution is 2.11. The van der Waals surface area contributed by atoms with Crippen molar-refractivity contribution >= 4 is 0 Å². The Balaban J connectivity index is -0.000000125. The van der Waals surface area contributed by atoms with Gasteiger partial charge in [-0.3, -0.25) is 0 Å². The molecular weight excluding hydrogens is 96.1 g/mol. The molecule has 0 aromatic rings. The monoisotopic (exact) mass is 116 g/mol. The molecule has 0 aliphatic heterocycles. The molecule has 0 atom stereocenters. The van der Waals surface area contributed by atoms with Crippen LogP contribution in [0.3, 0.4) is 0 Å². The topological polar surface area (TPSA) is 0 Å². The Kier molecular flexibility index (Phi) is 9.56. The molecule has 8 heavy (non-hydrogen) atoms. The molecule has 0 aromatic carbocycles. The van der Waals surface area contributed by atoms with Crippen LogP contribution in [0.1, 0.15) is 35.6 Å². The Morgan fingerprint density at radius 2 is 1.25 bits per heavy atom. The van der Waals surface area contributed by atoms with Crippen molar-refractivity contribution in [2.24, 2.45) is 5.41 Å². The van der Waals surface area contributed by atoms with Crippen molar-refractivity contribution in [3.8, 4) is 0 Å². The molecule has 0 aromatic heterocycles. The lowest BCUT2D eigenvalue weighted by atomic mass is 9.98. The standard InChI is InChI=1S/C6H12.2CH4/c1-5-6(2,3)4;;/h5H,1H2,2-4H3;2*1H4. The summed E-state index contributed by atoms with van der Waals surface area (Å²) in [5, 5.41) is 0. The van der Waals surface area contributed by atoms with E-state index in [0.717, 1.165) is 0 Å². The number of allylic oxidation sites excluding steroid dienone is 1. The van der Waals surface area contributed by atoms with Crippen LogP contribution in [0.4, 0.5) is 0 Å². The van der Waals surface area contributed by atoms with Gasteiger partial charge in [0.25, 0.3) is 0 Å². The van der Waals surface area contributed by atoms with Gasteiger partial charge in [-0.05, 0) is 5.41 Å². The van der Waals surface area contributed by atoms with Crippen LogP contribution < -0.4 is 0 Å². The third-order valence-electron chi connectivity index (χ3n) is 0.612. The molecular formula is C8H20. The summed E-state index contributed by atoms with van der Waals surface area (Å²) in [6, 6.07) is 0. The largest absolute Gasteiger partial charge is 0.103 e. The van der Waals surface area contributed by atoms with Gasteiger partial charge >= 0.3 is 0 Å². The first-order valence-electron chi connectivity index (χ1n) is 2.20. The van der Waals surface area contributed by atoms with Crippen molar-refractivity contribution in [1.82, 2.24) is 0 Å². The SMILES string of the molecule is C.C.C=CC(C)(C)C. The van der Waals surface area contributed by atoms with E-state index >= 15 is 0 Å². The van der Waals surface area contributed by atoms with Crippen molar-refractivity contribution in [3.05, 3.63) is 12.7 Å². The molecule has 0 heteroatoms. The molecule has 0 aliphatic rings. The summed E-state index contributed by atoms with van der Waals surface area (Å²) in [7, 11) is 0. The fourth-order valence-corrected chi connectivity index (χ4v) is 0. The van der Waals surface area contributed by atoms with Gasteiger partial charge in [0.2, 0.25) is 0 Å². The van der Waals surface area contributed by atoms with E-state index in [2.05, 4.69) is 27.4 Å². The second-order valence-corrected chi connectivity index (χ2v) is 2.57. The Morgan fingerprint density at radius 3 is 1.25 bits per heavy atom. The molecule has 0 radical (unpaired) electrons. The third-order valence-corrected chi connectivity index (χ3v) is 0.612.